The van der Waals surface area contributed by atoms with Crippen LogP contribution in [0.5, 0.6) is 0 Å². The van der Waals surface area contributed by atoms with E-state index in [1.807, 2.05) is 62.4 Å². The summed E-state index contributed by atoms with van der Waals surface area (Å²) in [6.45, 7) is 4.01. The summed E-state index contributed by atoms with van der Waals surface area (Å²) in [4.78, 5) is 19.5. The van der Waals surface area contributed by atoms with Crippen molar-refractivity contribution >= 4 is 32.6 Å². The van der Waals surface area contributed by atoms with Gasteiger partial charge in [0.05, 0.1) is 45.2 Å². The number of rotatable bonds is 5. The fraction of sp³-hybridized carbons (Fsp3) is 0.0455. The predicted molar refractivity (Wildman–Crippen MR) is 201 cm³/mol. The van der Waals surface area contributed by atoms with Crippen LogP contribution in [0.3, 0.4) is 0 Å². The lowest BCUT2D eigenvalue weighted by atomic mass is 10.0. The van der Waals surface area contributed by atoms with E-state index in [1.54, 1.807) is 0 Å². The van der Waals surface area contributed by atoms with Crippen LogP contribution in [0.2, 0.25) is 0 Å². The minimum atomic E-state index is 0.863. The average Bonchev–Trinajstić information content (AvgIpc) is 3.49. The SMILES string of the molecule is Cc1cccc(-c2cccc(-c3ccc4c(ccc5c6ccc(-c7cccc(-c8cccc(C)n8)n7)cc6n(-c6ccccc6)c45)c3)n2)n1. The number of benzene rings is 4. The van der Waals surface area contributed by atoms with Crippen LogP contribution >= 0.6 is 0 Å². The molecule has 0 N–H and O–H groups in total. The Bertz CT molecular complexity index is 2690. The maximum atomic E-state index is 5.05. The molecule has 9 aromatic rings. The fourth-order valence-electron chi connectivity index (χ4n) is 6.85. The molecule has 49 heavy (non-hydrogen) atoms. The van der Waals surface area contributed by atoms with E-state index in [-0.39, 0.29) is 0 Å². The fourth-order valence-corrected chi connectivity index (χ4v) is 6.85. The van der Waals surface area contributed by atoms with Crippen LogP contribution in [0.25, 0.3) is 83.6 Å². The third-order valence-electron chi connectivity index (χ3n) is 9.15. The van der Waals surface area contributed by atoms with E-state index in [9.17, 15) is 0 Å². The summed E-state index contributed by atoms with van der Waals surface area (Å²) >= 11 is 0. The maximum Gasteiger partial charge on any atom is 0.0893 e. The summed E-state index contributed by atoms with van der Waals surface area (Å²) in [7, 11) is 0. The van der Waals surface area contributed by atoms with Crippen LogP contribution in [-0.4, -0.2) is 24.5 Å². The molecule has 5 nitrogen and oxygen atoms in total. The first-order valence-electron chi connectivity index (χ1n) is 16.5. The van der Waals surface area contributed by atoms with Gasteiger partial charge in [0, 0.05) is 44.4 Å². The molecule has 0 aliphatic rings. The quantitative estimate of drug-likeness (QED) is 0.190. The molecule has 0 bridgehead atoms. The van der Waals surface area contributed by atoms with Crippen molar-refractivity contribution in [3.05, 3.63) is 163 Å². The molecular formula is C44H31N5. The lowest BCUT2D eigenvalue weighted by Gasteiger charge is -2.11. The standard InChI is InChI=1S/C44H31N5/c1-28-10-6-16-39(45-28)41-18-8-14-37(47-41)31-21-23-34-30(26-31)20-25-36-35-24-22-32(27-43(35)49(44(34)36)33-12-4-3-5-13-33)38-15-9-19-42(48-38)40-17-7-11-29(2)46-40/h3-27H,1-2H3. The number of hydrogen-bond donors (Lipinski definition) is 0. The number of aromatic nitrogens is 5. The number of hydrogen-bond acceptors (Lipinski definition) is 4. The highest BCUT2D eigenvalue weighted by atomic mass is 15.0. The minimum Gasteiger partial charge on any atom is -0.309 e. The second-order valence-electron chi connectivity index (χ2n) is 12.4. The molecule has 232 valence electrons. The van der Waals surface area contributed by atoms with Crippen LogP contribution in [0.15, 0.2) is 152 Å². The van der Waals surface area contributed by atoms with Gasteiger partial charge >= 0.3 is 0 Å². The smallest absolute Gasteiger partial charge is 0.0893 e. The monoisotopic (exact) mass is 629 g/mol. The number of fused-ring (bicyclic) bond motifs is 5. The molecule has 0 aliphatic heterocycles. The summed E-state index contributed by atoms with van der Waals surface area (Å²) in [6, 6.07) is 52.9. The Morgan fingerprint density at radius 3 is 1.51 bits per heavy atom. The molecule has 9 rings (SSSR count). The van der Waals surface area contributed by atoms with Gasteiger partial charge in [-0.2, -0.15) is 0 Å². The Labute approximate surface area is 284 Å². The van der Waals surface area contributed by atoms with Crippen molar-refractivity contribution in [3.8, 4) is 51.0 Å². The zero-order chi connectivity index (χ0) is 32.9. The first-order chi connectivity index (χ1) is 24.1. The van der Waals surface area contributed by atoms with Crippen LogP contribution < -0.4 is 0 Å². The number of para-hydroxylation sites is 1. The highest BCUT2D eigenvalue weighted by Gasteiger charge is 2.17. The normalized spacial score (nSPS) is 11.5. The van der Waals surface area contributed by atoms with Crippen LogP contribution in [0.1, 0.15) is 11.4 Å². The lowest BCUT2D eigenvalue weighted by molar-refractivity contribution is 1.17. The largest absolute Gasteiger partial charge is 0.309 e. The highest BCUT2D eigenvalue weighted by Crippen LogP contribution is 2.39. The summed E-state index contributed by atoms with van der Waals surface area (Å²) in [5.41, 5.74) is 12.8. The van der Waals surface area contributed by atoms with Gasteiger partial charge in [0.25, 0.3) is 0 Å². The molecule has 0 aliphatic carbocycles. The van der Waals surface area contributed by atoms with E-state index in [0.717, 1.165) is 73.3 Å². The van der Waals surface area contributed by atoms with E-state index in [1.165, 1.54) is 21.7 Å². The molecule has 0 saturated heterocycles. The van der Waals surface area contributed by atoms with Gasteiger partial charge in [-0.05, 0) is 92.0 Å². The molecule has 0 saturated carbocycles. The number of pyridine rings is 4. The van der Waals surface area contributed by atoms with Crippen molar-refractivity contribution in [1.29, 1.82) is 0 Å². The Balaban J connectivity index is 1.21. The van der Waals surface area contributed by atoms with Crippen LogP contribution in [0.4, 0.5) is 0 Å². The van der Waals surface area contributed by atoms with Crippen molar-refractivity contribution in [2.75, 3.05) is 0 Å². The molecule has 5 heteroatoms. The first kappa shape index (κ1) is 28.7. The van der Waals surface area contributed by atoms with Gasteiger partial charge < -0.3 is 4.57 Å². The highest BCUT2D eigenvalue weighted by molar-refractivity contribution is 6.19. The van der Waals surface area contributed by atoms with Gasteiger partial charge in [0.15, 0.2) is 0 Å². The molecular weight excluding hydrogens is 599 g/mol. The predicted octanol–water partition coefficient (Wildman–Crippen LogP) is 10.8. The topological polar surface area (TPSA) is 56.5 Å². The Hall–Kier alpha value is -6.46. The Morgan fingerprint density at radius 1 is 0.388 bits per heavy atom. The second kappa shape index (κ2) is 11.7. The summed E-state index contributed by atoms with van der Waals surface area (Å²) in [6.07, 6.45) is 0. The molecule has 0 unspecified atom stereocenters. The average molecular weight is 630 g/mol. The number of aryl methyl sites for hydroxylation is 2. The van der Waals surface area contributed by atoms with Crippen LogP contribution in [0, 0.1) is 13.8 Å². The molecule has 0 spiro atoms. The van der Waals surface area contributed by atoms with Gasteiger partial charge in [0.1, 0.15) is 0 Å². The summed E-state index contributed by atoms with van der Waals surface area (Å²) in [5, 5.41) is 4.75. The van der Waals surface area contributed by atoms with Gasteiger partial charge in [-0.1, -0.05) is 78.9 Å². The Kier molecular flexibility index (Phi) is 6.83. The van der Waals surface area contributed by atoms with Crippen molar-refractivity contribution in [3.63, 3.8) is 0 Å². The van der Waals surface area contributed by atoms with Gasteiger partial charge in [-0.25, -0.2) is 9.97 Å². The van der Waals surface area contributed by atoms with Gasteiger partial charge in [-0.15, -0.1) is 0 Å². The third kappa shape index (κ3) is 5.13. The zero-order valence-electron chi connectivity index (χ0n) is 27.2. The summed E-state index contributed by atoms with van der Waals surface area (Å²) in [5.74, 6) is 0. The molecule has 0 radical (unpaired) electrons. The van der Waals surface area contributed by atoms with E-state index in [4.69, 9.17) is 19.9 Å². The van der Waals surface area contributed by atoms with Gasteiger partial charge in [-0.3, -0.25) is 9.97 Å². The van der Waals surface area contributed by atoms with Crippen LogP contribution in [-0.2, 0) is 0 Å². The minimum absolute atomic E-state index is 0.863. The summed E-state index contributed by atoms with van der Waals surface area (Å²) < 4.78 is 2.39. The number of nitrogens with zero attached hydrogens (tertiary/aromatic N) is 5. The molecule has 0 amide bonds. The van der Waals surface area contributed by atoms with E-state index < -0.39 is 0 Å². The maximum absolute atomic E-state index is 5.05. The van der Waals surface area contributed by atoms with Crippen molar-refractivity contribution < 1.29 is 0 Å². The Morgan fingerprint density at radius 2 is 0.898 bits per heavy atom. The second-order valence-corrected chi connectivity index (χ2v) is 12.4. The van der Waals surface area contributed by atoms with Gasteiger partial charge in [0.2, 0.25) is 0 Å². The molecule has 0 fully saturated rings. The molecule has 0 atom stereocenters. The molecule has 4 aromatic carbocycles. The zero-order valence-corrected chi connectivity index (χ0v) is 27.2. The van der Waals surface area contributed by atoms with Crippen molar-refractivity contribution in [1.82, 2.24) is 24.5 Å². The lowest BCUT2D eigenvalue weighted by Crippen LogP contribution is -1.95. The third-order valence-corrected chi connectivity index (χ3v) is 9.15. The van der Waals surface area contributed by atoms with Crippen molar-refractivity contribution in [2.45, 2.75) is 13.8 Å². The first-order valence-corrected chi connectivity index (χ1v) is 16.5. The van der Waals surface area contributed by atoms with E-state index >= 15 is 0 Å². The van der Waals surface area contributed by atoms with Crippen molar-refractivity contribution in [2.24, 2.45) is 0 Å². The molecule has 5 aromatic heterocycles. The van der Waals surface area contributed by atoms with E-state index in [2.05, 4.69) is 108 Å². The molecule has 5 heterocycles. The van der Waals surface area contributed by atoms with E-state index in [0.29, 0.717) is 0 Å².